The Morgan fingerprint density at radius 3 is 1.57 bits per heavy atom. The predicted molar refractivity (Wildman–Crippen MR) is 212 cm³/mol. The molecule has 0 aliphatic heterocycles. The summed E-state index contributed by atoms with van der Waals surface area (Å²) in [6, 6.07) is 62.2. The maximum absolute atomic E-state index is 2.41. The molecule has 0 aliphatic carbocycles. The molecule has 0 heterocycles. The molecule has 49 heavy (non-hydrogen) atoms. The molecule has 0 amide bonds. The number of hydrogen-bond donors (Lipinski definition) is 0. The van der Waals surface area contributed by atoms with Crippen molar-refractivity contribution in [2.75, 3.05) is 4.90 Å². The molecule has 0 bridgehead atoms. The van der Waals surface area contributed by atoms with E-state index in [0.29, 0.717) is 0 Å². The summed E-state index contributed by atoms with van der Waals surface area (Å²) in [7, 11) is 0. The Balaban J connectivity index is 1.22. The van der Waals surface area contributed by atoms with Crippen molar-refractivity contribution < 1.29 is 0 Å². The average Bonchev–Trinajstić information content (AvgIpc) is 3.15. The predicted octanol–water partition coefficient (Wildman–Crippen LogP) is 13.4. The Morgan fingerprint density at radius 2 is 0.918 bits per heavy atom. The van der Waals surface area contributed by atoms with Crippen LogP contribution in [0, 0.1) is 13.8 Å². The van der Waals surface area contributed by atoms with E-state index in [1.165, 1.54) is 76.6 Å². The second kappa shape index (κ2) is 11.8. The van der Waals surface area contributed by atoms with E-state index in [4.69, 9.17) is 0 Å². The lowest BCUT2D eigenvalue weighted by atomic mass is 9.89. The summed E-state index contributed by atoms with van der Waals surface area (Å²) in [5, 5.41) is 10.4. The van der Waals surface area contributed by atoms with Crippen LogP contribution in [0.4, 0.5) is 17.1 Å². The van der Waals surface area contributed by atoms with Gasteiger partial charge in [0.1, 0.15) is 0 Å². The van der Waals surface area contributed by atoms with Crippen LogP contribution in [0.1, 0.15) is 27.8 Å². The molecule has 0 radical (unpaired) electrons. The van der Waals surface area contributed by atoms with Gasteiger partial charge in [-0.25, -0.2) is 0 Å². The van der Waals surface area contributed by atoms with Crippen molar-refractivity contribution in [3.63, 3.8) is 0 Å². The molecule has 0 N–H and O–H groups in total. The van der Waals surface area contributed by atoms with Gasteiger partial charge in [-0.1, -0.05) is 151 Å². The lowest BCUT2D eigenvalue weighted by molar-refractivity contribution is 1.29. The fraction of sp³-hybridized carbons (Fsp3) is 0.0417. The highest BCUT2D eigenvalue weighted by atomic mass is 15.1. The van der Waals surface area contributed by atoms with Crippen molar-refractivity contribution in [3.8, 4) is 0 Å². The van der Waals surface area contributed by atoms with Crippen LogP contribution in [-0.4, -0.2) is 0 Å². The molecule has 9 aromatic carbocycles. The Morgan fingerprint density at radius 1 is 0.408 bits per heavy atom. The smallest absolute Gasteiger partial charge is 0.0540 e. The summed E-state index contributed by atoms with van der Waals surface area (Å²) in [6.07, 6.45) is 2.31. The Kier molecular flexibility index (Phi) is 6.99. The van der Waals surface area contributed by atoms with Gasteiger partial charge >= 0.3 is 0 Å². The molecule has 0 fully saturated rings. The lowest BCUT2D eigenvalue weighted by Gasteiger charge is -2.28. The van der Waals surface area contributed by atoms with Crippen LogP contribution in [0.5, 0.6) is 0 Å². The van der Waals surface area contributed by atoms with Gasteiger partial charge in [-0.15, -0.1) is 0 Å². The van der Waals surface area contributed by atoms with Crippen LogP contribution >= 0.6 is 0 Å². The normalized spacial score (nSPS) is 12.0. The number of hydrogen-bond acceptors (Lipinski definition) is 1. The van der Waals surface area contributed by atoms with Crippen LogP contribution in [0.3, 0.4) is 0 Å². The van der Waals surface area contributed by atoms with E-state index in [1.54, 1.807) is 0 Å². The minimum Gasteiger partial charge on any atom is -0.310 e. The maximum Gasteiger partial charge on any atom is 0.0540 e. The average molecular weight is 626 g/mol. The standard InChI is InChI=1S/C48H35N/c1-32-17-23-36(24-18-32)45(35-9-4-3-5-10-35)31-34-21-27-39(28-22-34)49(38-25-19-33(2)20-26-38)46-30-29-43-41-14-7-12-37-11-6-13-40(47(37)41)42-15-8-16-44(46)48(42)43/h3-31H,1-2H3/b45-31-. The van der Waals surface area contributed by atoms with Gasteiger partial charge in [0, 0.05) is 16.8 Å². The zero-order chi connectivity index (χ0) is 32.9. The third kappa shape index (κ3) is 5.03. The highest BCUT2D eigenvalue weighted by Gasteiger charge is 2.19. The molecule has 1 heteroatoms. The molecule has 232 valence electrons. The maximum atomic E-state index is 2.41. The first kappa shape index (κ1) is 29.0. The molecular weight excluding hydrogens is 591 g/mol. The number of benzene rings is 9. The molecule has 0 saturated heterocycles. The fourth-order valence-corrected chi connectivity index (χ4v) is 7.52. The molecule has 0 aromatic heterocycles. The summed E-state index contributed by atoms with van der Waals surface area (Å²) in [6.45, 7) is 4.28. The molecule has 1 nitrogen and oxygen atoms in total. The molecule has 9 rings (SSSR count). The lowest BCUT2D eigenvalue weighted by Crippen LogP contribution is -2.10. The number of aryl methyl sites for hydroxylation is 2. The van der Waals surface area contributed by atoms with E-state index in [0.717, 1.165) is 16.9 Å². The van der Waals surface area contributed by atoms with Gasteiger partial charge in [0.15, 0.2) is 0 Å². The SMILES string of the molecule is Cc1ccc(/C(=C\c2ccc(N(c3ccc(C)cc3)c3ccc4c5cccc6cccc(c7cccc3c74)c65)cc2)c2ccccc2)cc1. The van der Waals surface area contributed by atoms with Gasteiger partial charge in [0.2, 0.25) is 0 Å². The van der Waals surface area contributed by atoms with E-state index in [1.807, 2.05) is 0 Å². The van der Waals surface area contributed by atoms with Crippen molar-refractivity contribution >= 4 is 71.8 Å². The minimum absolute atomic E-state index is 1.12. The third-order valence-electron chi connectivity index (χ3n) is 9.95. The summed E-state index contributed by atoms with van der Waals surface area (Å²) >= 11 is 0. The van der Waals surface area contributed by atoms with E-state index in [-0.39, 0.29) is 0 Å². The van der Waals surface area contributed by atoms with E-state index < -0.39 is 0 Å². The number of nitrogens with zero attached hydrogens (tertiary/aromatic N) is 1. The molecule has 0 spiro atoms. The zero-order valence-electron chi connectivity index (χ0n) is 27.7. The van der Waals surface area contributed by atoms with Crippen molar-refractivity contribution in [2.24, 2.45) is 0 Å². The first-order valence-electron chi connectivity index (χ1n) is 17.0. The van der Waals surface area contributed by atoms with Gasteiger partial charge in [0.25, 0.3) is 0 Å². The van der Waals surface area contributed by atoms with E-state index in [2.05, 4.69) is 195 Å². The molecule has 9 aromatic rings. The fourth-order valence-electron chi connectivity index (χ4n) is 7.52. The van der Waals surface area contributed by atoms with Crippen LogP contribution in [0.15, 0.2) is 170 Å². The van der Waals surface area contributed by atoms with Crippen LogP contribution in [-0.2, 0) is 0 Å². The second-order valence-corrected chi connectivity index (χ2v) is 13.1. The first-order chi connectivity index (χ1) is 24.1. The van der Waals surface area contributed by atoms with Gasteiger partial charge in [-0.2, -0.15) is 0 Å². The topological polar surface area (TPSA) is 3.24 Å². The van der Waals surface area contributed by atoms with Gasteiger partial charge < -0.3 is 4.90 Å². The Hall–Kier alpha value is -6.18. The summed E-state index contributed by atoms with van der Waals surface area (Å²) in [4.78, 5) is 2.41. The first-order valence-corrected chi connectivity index (χ1v) is 17.0. The van der Waals surface area contributed by atoms with Gasteiger partial charge in [0.05, 0.1) is 5.69 Å². The highest BCUT2D eigenvalue weighted by molar-refractivity contribution is 6.34. The summed E-state index contributed by atoms with van der Waals surface area (Å²) < 4.78 is 0. The van der Waals surface area contributed by atoms with Crippen LogP contribution in [0.2, 0.25) is 0 Å². The van der Waals surface area contributed by atoms with Crippen molar-refractivity contribution in [1.29, 1.82) is 0 Å². The highest BCUT2D eigenvalue weighted by Crippen LogP contribution is 2.46. The number of fused-ring (bicyclic) bond motifs is 2. The second-order valence-electron chi connectivity index (χ2n) is 13.1. The molecular formula is C48H35N. The Bertz CT molecular complexity index is 2580. The quantitative estimate of drug-likeness (QED) is 0.101. The van der Waals surface area contributed by atoms with Gasteiger partial charge in [-0.3, -0.25) is 0 Å². The molecule has 0 atom stereocenters. The van der Waals surface area contributed by atoms with Crippen LogP contribution < -0.4 is 4.90 Å². The summed E-state index contributed by atoms with van der Waals surface area (Å²) in [5.74, 6) is 0. The Labute approximate surface area is 287 Å². The number of anilines is 3. The monoisotopic (exact) mass is 625 g/mol. The molecule has 0 aliphatic rings. The molecule has 0 saturated carbocycles. The van der Waals surface area contributed by atoms with Crippen molar-refractivity contribution in [2.45, 2.75) is 13.8 Å². The molecule has 0 unspecified atom stereocenters. The zero-order valence-corrected chi connectivity index (χ0v) is 27.7. The van der Waals surface area contributed by atoms with Gasteiger partial charge in [-0.05, 0) is 110 Å². The van der Waals surface area contributed by atoms with E-state index >= 15 is 0 Å². The van der Waals surface area contributed by atoms with Crippen molar-refractivity contribution in [3.05, 3.63) is 198 Å². The largest absolute Gasteiger partial charge is 0.310 e. The minimum atomic E-state index is 1.12. The van der Waals surface area contributed by atoms with Crippen LogP contribution in [0.25, 0.3) is 54.7 Å². The van der Waals surface area contributed by atoms with Crippen molar-refractivity contribution in [1.82, 2.24) is 0 Å². The summed E-state index contributed by atoms with van der Waals surface area (Å²) in [5.41, 5.74) is 10.7. The van der Waals surface area contributed by atoms with E-state index in [9.17, 15) is 0 Å². The number of rotatable bonds is 6. The third-order valence-corrected chi connectivity index (χ3v) is 9.95.